The maximum absolute atomic E-state index is 2.73. The van der Waals surface area contributed by atoms with Gasteiger partial charge in [0, 0.05) is 26.4 Å². The minimum absolute atomic E-state index is 0.154. The van der Waals surface area contributed by atoms with Crippen LogP contribution in [0.3, 0.4) is 0 Å². The van der Waals surface area contributed by atoms with Crippen LogP contribution in [0.5, 0.6) is 0 Å². The van der Waals surface area contributed by atoms with Crippen LogP contribution in [0, 0.1) is 0 Å². The number of nitrogens with zero attached hydrogens (tertiary/aromatic N) is 3. The average molecular weight is 508 g/mol. The monoisotopic (exact) mass is 507 g/mol. The van der Waals surface area contributed by atoms with Crippen LogP contribution in [0.1, 0.15) is 0 Å². The minimum atomic E-state index is -1.49. The predicted molar refractivity (Wildman–Crippen MR) is 157 cm³/mol. The second-order valence-electron chi connectivity index (χ2n) is 12.1. The van der Waals surface area contributed by atoms with Gasteiger partial charge in [-0.25, -0.2) is 0 Å². The van der Waals surface area contributed by atoms with Crippen LogP contribution in [0.25, 0.3) is 0 Å². The number of hydrogen-bond acceptors (Lipinski definition) is 3. The summed E-state index contributed by atoms with van der Waals surface area (Å²) in [5.41, 5.74) is 0. The third-order valence-electron chi connectivity index (χ3n) is 6.55. The van der Waals surface area contributed by atoms with Crippen molar-refractivity contribution in [1.82, 2.24) is 13.2 Å². The third-order valence-corrected chi connectivity index (χ3v) is 21.1. The summed E-state index contributed by atoms with van der Waals surface area (Å²) in [5, 5.41) is 0. The van der Waals surface area contributed by atoms with Crippen molar-refractivity contribution in [2.24, 2.45) is 0 Å². The number of hydrogen-bond donors (Lipinski definition) is 0. The van der Waals surface area contributed by atoms with Gasteiger partial charge in [0.25, 0.3) is 22.6 Å². The quantitative estimate of drug-likeness (QED) is 0.328. The Labute approximate surface area is 201 Å². The summed E-state index contributed by atoms with van der Waals surface area (Å²) in [5.74, 6) is 0. The van der Waals surface area contributed by atoms with E-state index >= 15 is 0 Å². The molecule has 0 saturated carbocycles. The molecular formula is C18H48B3N3Si6. The van der Waals surface area contributed by atoms with E-state index in [0.29, 0.717) is 0 Å². The van der Waals surface area contributed by atoms with Crippen molar-refractivity contribution in [3.8, 4) is 0 Å². The molecule has 0 N–H and O–H groups in total. The van der Waals surface area contributed by atoms with Crippen LogP contribution in [0.2, 0.25) is 115 Å². The first-order chi connectivity index (χ1) is 13.6. The average Bonchev–Trinajstić information content (AvgIpc) is 2.63. The second kappa shape index (κ2) is 12.2. The zero-order chi connectivity index (χ0) is 23.3. The van der Waals surface area contributed by atoms with Crippen LogP contribution in [-0.4, -0.2) is 86.9 Å². The lowest BCUT2D eigenvalue weighted by atomic mass is 9.84. The Hall–Kier alpha value is 1.38. The number of rotatable bonds is 12. The lowest BCUT2D eigenvalue weighted by Crippen LogP contribution is -2.76. The maximum Gasteiger partial charge on any atom is 0.275 e. The minimum Gasteiger partial charge on any atom is -0.389 e. The Morgan fingerprint density at radius 2 is 0.667 bits per heavy atom. The van der Waals surface area contributed by atoms with Gasteiger partial charge < -0.3 is 13.2 Å². The van der Waals surface area contributed by atoms with Crippen molar-refractivity contribution in [3.63, 3.8) is 0 Å². The Morgan fingerprint density at radius 1 is 0.467 bits per heavy atom. The van der Waals surface area contributed by atoms with Crippen LogP contribution >= 0.6 is 0 Å². The normalized spacial score (nSPS) is 18.1. The first-order valence-corrected chi connectivity index (χ1v) is 29.4. The molecule has 1 fully saturated rings. The molecule has 1 heterocycles. The summed E-state index contributed by atoms with van der Waals surface area (Å²) in [6, 6.07) is 8.59. The molecule has 30 heavy (non-hydrogen) atoms. The van der Waals surface area contributed by atoms with Crippen molar-refractivity contribution in [3.05, 3.63) is 0 Å². The van der Waals surface area contributed by atoms with E-state index in [4.69, 9.17) is 0 Å². The summed E-state index contributed by atoms with van der Waals surface area (Å²) >= 11 is 0. The van der Waals surface area contributed by atoms with Crippen LogP contribution < -0.4 is 0 Å². The van der Waals surface area contributed by atoms with E-state index < -0.39 is 24.7 Å². The van der Waals surface area contributed by atoms with E-state index in [1.165, 1.54) is 36.3 Å². The third kappa shape index (κ3) is 9.70. The Morgan fingerprint density at radius 3 is 0.833 bits per heavy atom. The van der Waals surface area contributed by atoms with Crippen molar-refractivity contribution >= 4 is 73.7 Å². The van der Waals surface area contributed by atoms with Crippen molar-refractivity contribution in [2.75, 3.05) is 0 Å². The van der Waals surface area contributed by atoms with Crippen molar-refractivity contribution < 1.29 is 0 Å². The van der Waals surface area contributed by atoms with Crippen LogP contribution in [-0.2, 0) is 0 Å². The zero-order valence-corrected chi connectivity index (χ0v) is 28.3. The first kappa shape index (κ1) is 29.4. The molecule has 0 bridgehead atoms. The smallest absolute Gasteiger partial charge is 0.275 e. The van der Waals surface area contributed by atoms with Crippen molar-refractivity contribution in [1.29, 1.82) is 0 Å². The Balaban J connectivity index is 3.09. The zero-order valence-electron chi connectivity index (χ0n) is 22.3. The highest BCUT2D eigenvalue weighted by atomic mass is 28.3. The molecule has 0 atom stereocenters. The topological polar surface area (TPSA) is 9.72 Å². The van der Waals surface area contributed by atoms with Gasteiger partial charge in [-0.2, -0.15) is 0 Å². The molecular weight excluding hydrogens is 459 g/mol. The molecule has 0 aliphatic carbocycles. The fourth-order valence-corrected chi connectivity index (χ4v) is 20.6. The Kier molecular flexibility index (Phi) is 11.9. The van der Waals surface area contributed by atoms with Gasteiger partial charge in [-0.05, 0) is 18.1 Å². The molecule has 0 spiro atoms. The lowest BCUT2D eigenvalue weighted by Gasteiger charge is -2.55. The van der Waals surface area contributed by atoms with Gasteiger partial charge in [0.1, 0.15) is 24.7 Å². The van der Waals surface area contributed by atoms with E-state index in [9.17, 15) is 0 Å². The molecule has 0 amide bonds. The van der Waals surface area contributed by atoms with E-state index in [-0.39, 0.29) is 26.4 Å². The molecule has 6 radical (unpaired) electrons. The molecule has 0 aromatic carbocycles. The molecule has 0 aromatic rings. The largest absolute Gasteiger partial charge is 0.389 e. The Bertz CT molecular complexity index is 446. The van der Waals surface area contributed by atoms with E-state index in [2.05, 4.69) is 114 Å². The van der Waals surface area contributed by atoms with E-state index in [0.717, 1.165) is 0 Å². The predicted octanol–water partition coefficient (Wildman–Crippen LogP) is 5.39. The summed E-state index contributed by atoms with van der Waals surface area (Å²) in [6.45, 7) is 30.4. The van der Waals surface area contributed by atoms with Gasteiger partial charge >= 0.3 is 0 Å². The lowest BCUT2D eigenvalue weighted by molar-refractivity contribution is 0.738. The SMILES string of the molecule is C[Si](C)CC[Si](C)(C)N1[B]N([Si](C)(C)CC[Si](C)C)[B]N([Si](C)(C)CC[Si](C)C)[B]1. The standard InChI is InChI=1S/C18H48B3N3Si6/c1-25(2)13-16-28(7,8)22-19-23(29(9,10)17-14-26(3)4)21-24(20-22)30(11,12)18-15-27(5)6/h13-18H2,1-12H3. The van der Waals surface area contributed by atoms with Crippen LogP contribution in [0.15, 0.2) is 0 Å². The molecule has 0 unspecified atom stereocenters. The summed E-state index contributed by atoms with van der Waals surface area (Å²) in [7, 11) is 2.69. The fourth-order valence-electron chi connectivity index (χ4n) is 3.48. The fraction of sp³-hybridized carbons (Fsp3) is 1.00. The molecule has 1 aliphatic rings. The highest BCUT2D eigenvalue weighted by molar-refractivity contribution is 7.00. The summed E-state index contributed by atoms with van der Waals surface area (Å²) < 4.78 is 8.19. The van der Waals surface area contributed by atoms with E-state index in [1.54, 1.807) is 0 Å². The summed E-state index contributed by atoms with van der Waals surface area (Å²) in [4.78, 5) is 0. The molecule has 1 saturated heterocycles. The maximum atomic E-state index is 2.73. The van der Waals surface area contributed by atoms with Gasteiger partial charge in [-0.1, -0.05) is 96.7 Å². The van der Waals surface area contributed by atoms with Gasteiger partial charge in [0.2, 0.25) is 0 Å². The summed E-state index contributed by atoms with van der Waals surface area (Å²) in [6.07, 6.45) is 0. The molecule has 1 rings (SSSR count). The highest BCUT2D eigenvalue weighted by Crippen LogP contribution is 2.28. The van der Waals surface area contributed by atoms with Gasteiger partial charge in [0.15, 0.2) is 0 Å². The molecule has 168 valence electrons. The molecule has 0 aromatic heterocycles. The highest BCUT2D eigenvalue weighted by Gasteiger charge is 2.45. The van der Waals surface area contributed by atoms with Gasteiger partial charge in [-0.3, -0.25) is 0 Å². The molecule has 3 nitrogen and oxygen atoms in total. The van der Waals surface area contributed by atoms with Crippen molar-refractivity contribution in [2.45, 2.75) is 115 Å². The van der Waals surface area contributed by atoms with Gasteiger partial charge in [0.05, 0.1) is 0 Å². The van der Waals surface area contributed by atoms with Gasteiger partial charge in [-0.15, -0.1) is 0 Å². The molecule has 1 aliphatic heterocycles. The van der Waals surface area contributed by atoms with Crippen LogP contribution in [0.4, 0.5) is 0 Å². The van der Waals surface area contributed by atoms with E-state index in [1.807, 2.05) is 0 Å². The second-order valence-corrected chi connectivity index (χ2v) is 34.8. The first-order valence-electron chi connectivity index (χ1n) is 11.8. The molecule has 12 heteroatoms.